The zero-order chi connectivity index (χ0) is 10.6. The van der Waals surface area contributed by atoms with Crippen molar-refractivity contribution in [3.05, 3.63) is 22.3 Å². The molecule has 1 aliphatic heterocycles. The predicted octanol–water partition coefficient (Wildman–Crippen LogP) is 1.54. The van der Waals surface area contributed by atoms with Crippen molar-refractivity contribution in [3.63, 3.8) is 0 Å². The van der Waals surface area contributed by atoms with Crippen molar-refractivity contribution in [3.8, 4) is 0 Å². The van der Waals surface area contributed by atoms with Gasteiger partial charge in [-0.2, -0.15) is 0 Å². The number of carbonyl (C=O) groups is 2. The molecule has 1 amide bonds. The minimum Gasteiger partial charge on any atom is -0.286 e. The number of ketones is 1. The highest BCUT2D eigenvalue weighted by atomic mass is 79.9. The molecule has 0 saturated heterocycles. The van der Waals surface area contributed by atoms with E-state index in [4.69, 9.17) is 0 Å². The van der Waals surface area contributed by atoms with Crippen LogP contribution in [0, 0.1) is 0 Å². The number of fused-ring (bicyclic) bond motifs is 1. The van der Waals surface area contributed by atoms with E-state index in [9.17, 15) is 9.59 Å². The van der Waals surface area contributed by atoms with Crippen molar-refractivity contribution in [2.75, 3.05) is 4.90 Å². The minimum absolute atomic E-state index is 0.191. The zero-order valence-electron chi connectivity index (χ0n) is 7.74. The Balaban J connectivity index is 2.16. The SMILES string of the molecule is O=C1C(=O)N(C2CC2)c2ncc(Br)cc21. The van der Waals surface area contributed by atoms with Gasteiger partial charge in [0.25, 0.3) is 5.78 Å². The Morgan fingerprint density at radius 2 is 2.13 bits per heavy atom. The molecule has 0 unspecified atom stereocenters. The van der Waals surface area contributed by atoms with Gasteiger partial charge in [0.2, 0.25) is 0 Å². The summed E-state index contributed by atoms with van der Waals surface area (Å²) < 4.78 is 0.722. The van der Waals surface area contributed by atoms with Gasteiger partial charge in [0.05, 0.1) is 5.56 Å². The van der Waals surface area contributed by atoms with Crippen molar-refractivity contribution >= 4 is 33.4 Å². The highest BCUT2D eigenvalue weighted by Gasteiger charge is 2.44. The quantitative estimate of drug-likeness (QED) is 0.725. The number of anilines is 1. The maximum Gasteiger partial charge on any atom is 0.300 e. The van der Waals surface area contributed by atoms with Crippen LogP contribution < -0.4 is 4.90 Å². The first-order valence-corrected chi connectivity index (χ1v) is 5.51. The Morgan fingerprint density at radius 3 is 2.80 bits per heavy atom. The molecule has 0 radical (unpaired) electrons. The van der Waals surface area contributed by atoms with Crippen LogP contribution in [0.4, 0.5) is 5.82 Å². The summed E-state index contributed by atoms with van der Waals surface area (Å²) in [6.45, 7) is 0. The first-order chi connectivity index (χ1) is 7.18. The Morgan fingerprint density at radius 1 is 1.40 bits per heavy atom. The average Bonchev–Trinajstić information content (AvgIpc) is 3.00. The normalized spacial score (nSPS) is 19.7. The fraction of sp³-hybridized carbons (Fsp3) is 0.300. The third kappa shape index (κ3) is 1.23. The second kappa shape index (κ2) is 2.88. The molecule has 3 rings (SSSR count). The molecule has 1 aromatic heterocycles. The number of pyridine rings is 1. The summed E-state index contributed by atoms with van der Waals surface area (Å²) in [5.74, 6) is -0.348. The molecule has 0 aromatic carbocycles. The van der Waals surface area contributed by atoms with Gasteiger partial charge in [-0.1, -0.05) is 0 Å². The van der Waals surface area contributed by atoms with E-state index in [1.54, 1.807) is 12.3 Å². The van der Waals surface area contributed by atoms with E-state index in [1.165, 1.54) is 4.90 Å². The number of nitrogens with zero attached hydrogens (tertiary/aromatic N) is 2. The minimum atomic E-state index is -0.439. The highest BCUT2D eigenvalue weighted by molar-refractivity contribution is 9.10. The first-order valence-electron chi connectivity index (χ1n) is 4.72. The van der Waals surface area contributed by atoms with Gasteiger partial charge in [-0.05, 0) is 34.8 Å². The Labute approximate surface area is 94.4 Å². The summed E-state index contributed by atoms with van der Waals surface area (Å²) in [5, 5.41) is 0. The molecule has 0 spiro atoms. The number of amides is 1. The predicted molar refractivity (Wildman–Crippen MR) is 56.8 cm³/mol. The molecule has 1 aliphatic carbocycles. The number of rotatable bonds is 1. The molecule has 1 saturated carbocycles. The molecule has 2 aliphatic rings. The van der Waals surface area contributed by atoms with E-state index in [-0.39, 0.29) is 6.04 Å². The van der Waals surface area contributed by atoms with Crippen LogP contribution in [0.25, 0.3) is 0 Å². The van der Waals surface area contributed by atoms with E-state index in [0.717, 1.165) is 17.3 Å². The van der Waals surface area contributed by atoms with Gasteiger partial charge in [-0.3, -0.25) is 14.5 Å². The number of halogens is 1. The molecule has 1 aromatic rings. The molecule has 2 heterocycles. The van der Waals surface area contributed by atoms with Crippen molar-refractivity contribution in [1.29, 1.82) is 0 Å². The molecule has 4 nitrogen and oxygen atoms in total. The summed E-state index contributed by atoms with van der Waals surface area (Å²) in [6.07, 6.45) is 3.55. The smallest absolute Gasteiger partial charge is 0.286 e. The van der Waals surface area contributed by atoms with Crippen molar-refractivity contribution in [1.82, 2.24) is 4.98 Å². The zero-order valence-corrected chi connectivity index (χ0v) is 9.32. The maximum absolute atomic E-state index is 11.7. The Bertz CT molecular complexity index is 482. The lowest BCUT2D eigenvalue weighted by molar-refractivity contribution is -0.114. The van der Waals surface area contributed by atoms with Crippen LogP contribution in [0.1, 0.15) is 23.2 Å². The van der Waals surface area contributed by atoms with Gasteiger partial charge >= 0.3 is 5.91 Å². The van der Waals surface area contributed by atoms with Crippen molar-refractivity contribution < 1.29 is 9.59 Å². The first kappa shape index (κ1) is 9.03. The van der Waals surface area contributed by atoms with Crippen LogP contribution in [0.2, 0.25) is 0 Å². The van der Waals surface area contributed by atoms with Crippen molar-refractivity contribution in [2.24, 2.45) is 0 Å². The maximum atomic E-state index is 11.7. The lowest BCUT2D eigenvalue weighted by atomic mass is 10.2. The molecular formula is C10H7BrN2O2. The molecule has 5 heteroatoms. The molecular weight excluding hydrogens is 260 g/mol. The summed E-state index contributed by atoms with van der Waals surface area (Å²) >= 11 is 3.24. The monoisotopic (exact) mass is 266 g/mol. The molecule has 15 heavy (non-hydrogen) atoms. The van der Waals surface area contributed by atoms with Crippen LogP contribution in [0.15, 0.2) is 16.7 Å². The Hall–Kier alpha value is -1.23. The van der Waals surface area contributed by atoms with Crippen LogP contribution in [-0.2, 0) is 4.79 Å². The van der Waals surface area contributed by atoms with Crippen LogP contribution in [-0.4, -0.2) is 22.7 Å². The number of aromatic nitrogens is 1. The number of hydrogen-bond acceptors (Lipinski definition) is 3. The second-order valence-electron chi connectivity index (χ2n) is 3.76. The van der Waals surface area contributed by atoms with Gasteiger partial charge in [-0.15, -0.1) is 0 Å². The van der Waals surface area contributed by atoms with E-state index >= 15 is 0 Å². The summed E-state index contributed by atoms with van der Waals surface area (Å²) in [7, 11) is 0. The molecule has 0 bridgehead atoms. The second-order valence-corrected chi connectivity index (χ2v) is 4.68. The lowest BCUT2D eigenvalue weighted by Crippen LogP contribution is -2.32. The van der Waals surface area contributed by atoms with Gasteiger partial charge in [0, 0.05) is 16.7 Å². The van der Waals surface area contributed by atoms with E-state index < -0.39 is 11.7 Å². The fourth-order valence-corrected chi connectivity index (χ4v) is 2.11. The van der Waals surface area contributed by atoms with Gasteiger partial charge in [0.1, 0.15) is 5.82 Å². The molecule has 0 N–H and O–H groups in total. The summed E-state index contributed by atoms with van der Waals surface area (Å²) in [4.78, 5) is 29.0. The van der Waals surface area contributed by atoms with E-state index in [2.05, 4.69) is 20.9 Å². The van der Waals surface area contributed by atoms with Gasteiger partial charge < -0.3 is 0 Å². The van der Waals surface area contributed by atoms with Crippen molar-refractivity contribution in [2.45, 2.75) is 18.9 Å². The topological polar surface area (TPSA) is 50.3 Å². The van der Waals surface area contributed by atoms with Gasteiger partial charge in [0.15, 0.2) is 0 Å². The third-order valence-corrected chi connectivity index (χ3v) is 3.06. The van der Waals surface area contributed by atoms with Crippen LogP contribution in [0.3, 0.4) is 0 Å². The third-order valence-electron chi connectivity index (χ3n) is 2.63. The lowest BCUT2D eigenvalue weighted by Gasteiger charge is -2.13. The van der Waals surface area contributed by atoms with E-state index in [1.807, 2.05) is 0 Å². The van der Waals surface area contributed by atoms with Crippen LogP contribution >= 0.6 is 15.9 Å². The fourth-order valence-electron chi connectivity index (χ4n) is 1.78. The standard InChI is InChI=1S/C10H7BrN2O2/c11-5-3-7-8(14)10(15)13(6-1-2-6)9(7)12-4-5/h3-4,6H,1-2H2. The highest BCUT2D eigenvalue weighted by Crippen LogP contribution is 2.37. The number of hydrogen-bond donors (Lipinski definition) is 0. The molecule has 1 fully saturated rings. The summed E-state index contributed by atoms with van der Waals surface area (Å²) in [6, 6.07) is 1.85. The Kier molecular flexibility index (Phi) is 1.74. The van der Waals surface area contributed by atoms with Crippen LogP contribution in [0.5, 0.6) is 0 Å². The number of Topliss-reactive ketones (excluding diaryl/α,β-unsaturated/α-hetero) is 1. The average molecular weight is 267 g/mol. The largest absolute Gasteiger partial charge is 0.300 e. The molecule has 0 atom stereocenters. The molecule has 76 valence electrons. The van der Waals surface area contributed by atoms with Gasteiger partial charge in [-0.25, -0.2) is 4.98 Å². The number of carbonyl (C=O) groups excluding carboxylic acids is 2. The van der Waals surface area contributed by atoms with E-state index in [0.29, 0.717) is 11.4 Å². The summed E-state index contributed by atoms with van der Waals surface area (Å²) in [5.41, 5.74) is 0.418.